The molecule has 4 N–H and O–H groups in total. The smallest absolute Gasteiger partial charge is 0.225 e. The lowest BCUT2D eigenvalue weighted by atomic mass is 9.50. The molecule has 1 fully saturated rings. The Balaban J connectivity index is 1.47. The summed E-state index contributed by atoms with van der Waals surface area (Å²) in [4.78, 5) is 20.4. The minimum absolute atomic E-state index is 0.0776. The molecule has 51 heavy (non-hydrogen) atoms. The Bertz CT molecular complexity index is 1730. The van der Waals surface area contributed by atoms with Crippen LogP contribution in [0.4, 0.5) is 23.5 Å². The molecule has 2 heterocycles. The molecule has 2 atom stereocenters. The van der Waals surface area contributed by atoms with Crippen LogP contribution < -0.4 is 21.3 Å². The topological polar surface area (TPSA) is 99.7 Å². The van der Waals surface area contributed by atoms with Crippen LogP contribution in [0.25, 0.3) is 0 Å². The summed E-state index contributed by atoms with van der Waals surface area (Å²) in [6.45, 7) is 16.4. The molecule has 2 aromatic heterocycles. The molecular formula is C43H54N8. The third-order valence-corrected chi connectivity index (χ3v) is 9.44. The largest absolute Gasteiger partial charge is 0.370 e. The number of nitrogens with zero attached hydrogens (tertiary/aromatic N) is 4. The first-order valence-corrected chi connectivity index (χ1v) is 18.6. The predicted octanol–water partition coefficient (Wildman–Crippen LogP) is 9.53. The standard InChI is InChI=1S/C43H54N8/c1-28(2)24-44-36-22-34(48-42(50-36)46-26-30(5)6)40-38(32-18-12-8-13-19-32)41(39(40)33-20-14-9-15-21-33)35-23-37(45-25-29(3)4)51-43(49-35)47-27-31-16-10-7-11-17-31/h7-23,28-30,38-41H,24-27H2,1-6H3,(H2,44,46,48,50)(H2,45,47,49,51)/t38-,39-,40-,41-/m1/s1. The van der Waals surface area contributed by atoms with E-state index in [-0.39, 0.29) is 23.7 Å². The summed E-state index contributed by atoms with van der Waals surface area (Å²) < 4.78 is 0. The molecule has 0 saturated heterocycles. The van der Waals surface area contributed by atoms with Crippen molar-refractivity contribution in [2.24, 2.45) is 17.8 Å². The van der Waals surface area contributed by atoms with Crippen LogP contribution in [0.15, 0.2) is 103 Å². The zero-order chi connectivity index (χ0) is 35.7. The normalized spacial score (nSPS) is 18.5. The summed E-state index contributed by atoms with van der Waals surface area (Å²) in [7, 11) is 0. The quantitative estimate of drug-likeness (QED) is 0.0817. The van der Waals surface area contributed by atoms with Crippen molar-refractivity contribution in [3.63, 3.8) is 0 Å². The molecule has 5 aromatic rings. The van der Waals surface area contributed by atoms with Crippen molar-refractivity contribution < 1.29 is 0 Å². The van der Waals surface area contributed by atoms with Gasteiger partial charge in [0.1, 0.15) is 11.6 Å². The SMILES string of the molecule is CC(C)CNc1cc([C@H]2[C@H](c3ccccc3)[C@H](c3cc(NCC(C)C)nc(NCC(C)C)n3)[C@H]2c2ccccc2)nc(NCc2ccccc2)n1. The van der Waals surface area contributed by atoms with Crippen LogP contribution in [-0.4, -0.2) is 39.6 Å². The van der Waals surface area contributed by atoms with E-state index in [1.807, 2.05) is 6.07 Å². The van der Waals surface area contributed by atoms with Gasteiger partial charge in [0.15, 0.2) is 0 Å². The molecule has 0 aliphatic heterocycles. The van der Waals surface area contributed by atoms with Gasteiger partial charge in [0.25, 0.3) is 0 Å². The summed E-state index contributed by atoms with van der Waals surface area (Å²) in [5.41, 5.74) is 5.80. The van der Waals surface area contributed by atoms with E-state index < -0.39 is 0 Å². The maximum atomic E-state index is 5.29. The third-order valence-electron chi connectivity index (χ3n) is 9.44. The first kappa shape index (κ1) is 35.8. The second-order valence-corrected chi connectivity index (χ2v) is 15.1. The highest BCUT2D eigenvalue weighted by molar-refractivity contribution is 5.53. The van der Waals surface area contributed by atoms with Crippen LogP contribution >= 0.6 is 0 Å². The summed E-state index contributed by atoms with van der Waals surface area (Å²) in [5.74, 6) is 4.83. The number of nitrogens with one attached hydrogen (secondary N) is 4. The fourth-order valence-corrected chi connectivity index (χ4v) is 6.97. The van der Waals surface area contributed by atoms with Gasteiger partial charge < -0.3 is 21.3 Å². The Hall–Kier alpha value is -4.98. The van der Waals surface area contributed by atoms with E-state index in [0.717, 1.165) is 42.7 Å². The van der Waals surface area contributed by atoms with Crippen molar-refractivity contribution in [1.29, 1.82) is 0 Å². The molecule has 0 spiro atoms. The van der Waals surface area contributed by atoms with Crippen LogP contribution in [0.1, 0.15) is 93.3 Å². The van der Waals surface area contributed by atoms with Crippen molar-refractivity contribution >= 4 is 23.5 Å². The second kappa shape index (κ2) is 16.8. The number of rotatable bonds is 16. The van der Waals surface area contributed by atoms with Crippen molar-refractivity contribution in [2.75, 3.05) is 40.9 Å². The lowest BCUT2D eigenvalue weighted by molar-refractivity contribution is 0.220. The van der Waals surface area contributed by atoms with Gasteiger partial charge in [-0.25, -0.2) is 9.97 Å². The molecule has 0 amide bonds. The molecule has 0 unspecified atom stereocenters. The van der Waals surface area contributed by atoms with Gasteiger partial charge in [-0.3, -0.25) is 0 Å². The van der Waals surface area contributed by atoms with Crippen molar-refractivity contribution in [3.05, 3.63) is 131 Å². The van der Waals surface area contributed by atoms with Crippen molar-refractivity contribution in [1.82, 2.24) is 19.9 Å². The Morgan fingerprint density at radius 1 is 0.451 bits per heavy atom. The molecule has 6 rings (SSSR count). The second-order valence-electron chi connectivity index (χ2n) is 15.1. The van der Waals surface area contributed by atoms with Crippen LogP contribution in [-0.2, 0) is 6.54 Å². The summed E-state index contributed by atoms with van der Waals surface area (Å²) in [5, 5.41) is 14.3. The maximum absolute atomic E-state index is 5.29. The van der Waals surface area contributed by atoms with Crippen LogP contribution in [0.2, 0.25) is 0 Å². The number of anilines is 4. The van der Waals surface area contributed by atoms with Gasteiger partial charge >= 0.3 is 0 Å². The van der Waals surface area contributed by atoms with Gasteiger partial charge in [-0.15, -0.1) is 0 Å². The molecule has 1 aliphatic rings. The third kappa shape index (κ3) is 9.23. The van der Waals surface area contributed by atoms with Crippen LogP contribution in [0.5, 0.6) is 0 Å². The van der Waals surface area contributed by atoms with E-state index in [0.29, 0.717) is 36.2 Å². The average Bonchev–Trinajstić information content (AvgIpc) is 3.12. The number of aromatic nitrogens is 4. The fraction of sp³-hybridized carbons (Fsp3) is 0.395. The fourth-order valence-electron chi connectivity index (χ4n) is 6.97. The van der Waals surface area contributed by atoms with E-state index in [9.17, 15) is 0 Å². The average molecular weight is 683 g/mol. The molecule has 3 aromatic carbocycles. The zero-order valence-corrected chi connectivity index (χ0v) is 31.0. The van der Waals surface area contributed by atoms with Crippen LogP contribution in [0.3, 0.4) is 0 Å². The number of hydrogen-bond donors (Lipinski definition) is 4. The Labute approximate surface area is 304 Å². The Morgan fingerprint density at radius 3 is 1.27 bits per heavy atom. The number of benzene rings is 3. The summed E-state index contributed by atoms with van der Waals surface area (Å²) in [6.07, 6.45) is 0. The van der Waals surface area contributed by atoms with Crippen molar-refractivity contribution in [2.45, 2.75) is 71.8 Å². The molecular weight excluding hydrogens is 629 g/mol. The lowest BCUT2D eigenvalue weighted by Gasteiger charge is -2.52. The summed E-state index contributed by atoms with van der Waals surface area (Å²) in [6, 6.07) is 36.6. The molecule has 8 nitrogen and oxygen atoms in total. The molecule has 1 saturated carbocycles. The van der Waals surface area contributed by atoms with E-state index in [1.54, 1.807) is 0 Å². The number of hydrogen-bond acceptors (Lipinski definition) is 8. The molecule has 0 radical (unpaired) electrons. The van der Waals surface area contributed by atoms with Crippen molar-refractivity contribution in [3.8, 4) is 0 Å². The maximum Gasteiger partial charge on any atom is 0.225 e. The lowest BCUT2D eigenvalue weighted by Crippen LogP contribution is -2.41. The van der Waals surface area contributed by atoms with Gasteiger partial charge in [0.05, 0.1) is 11.4 Å². The highest BCUT2D eigenvalue weighted by atomic mass is 15.2. The first-order valence-electron chi connectivity index (χ1n) is 18.6. The van der Waals surface area contributed by atoms with Gasteiger partial charge in [-0.05, 0) is 34.4 Å². The van der Waals surface area contributed by atoms with E-state index in [4.69, 9.17) is 19.9 Å². The van der Waals surface area contributed by atoms with Gasteiger partial charge in [-0.2, -0.15) is 9.97 Å². The first-order chi connectivity index (χ1) is 24.7. The molecule has 266 valence electrons. The van der Waals surface area contributed by atoms with Gasteiger partial charge in [0, 0.05) is 62.0 Å². The van der Waals surface area contributed by atoms with Gasteiger partial charge in [-0.1, -0.05) is 133 Å². The minimum atomic E-state index is 0.0776. The highest BCUT2D eigenvalue weighted by Gasteiger charge is 2.54. The van der Waals surface area contributed by atoms with E-state index >= 15 is 0 Å². The van der Waals surface area contributed by atoms with E-state index in [2.05, 4.69) is 160 Å². The zero-order valence-electron chi connectivity index (χ0n) is 31.0. The molecule has 0 bridgehead atoms. The molecule has 8 heteroatoms. The van der Waals surface area contributed by atoms with E-state index in [1.165, 1.54) is 16.7 Å². The predicted molar refractivity (Wildman–Crippen MR) is 212 cm³/mol. The van der Waals surface area contributed by atoms with Gasteiger partial charge in [0.2, 0.25) is 11.9 Å². The Morgan fingerprint density at radius 2 is 0.843 bits per heavy atom. The summed E-state index contributed by atoms with van der Waals surface area (Å²) >= 11 is 0. The monoisotopic (exact) mass is 682 g/mol. The Kier molecular flexibility index (Phi) is 11.8. The molecule has 1 aliphatic carbocycles. The minimum Gasteiger partial charge on any atom is -0.370 e. The van der Waals surface area contributed by atoms with Crippen LogP contribution in [0, 0.1) is 17.8 Å². The highest BCUT2D eigenvalue weighted by Crippen LogP contribution is 2.66.